The molecule has 34 heavy (non-hydrogen) atoms. The van der Waals surface area contributed by atoms with Crippen LogP contribution in [0, 0.1) is 0 Å². The Morgan fingerprint density at radius 2 is 1.88 bits per heavy atom. The molecule has 1 saturated heterocycles. The summed E-state index contributed by atoms with van der Waals surface area (Å²) >= 11 is 0. The highest BCUT2D eigenvalue weighted by Crippen LogP contribution is 2.41. The van der Waals surface area contributed by atoms with E-state index in [0.29, 0.717) is 55.6 Å². The lowest BCUT2D eigenvalue weighted by atomic mass is 9.95. The standard InChI is InChI=1S/C26H30N2O6/c1-4-32-19-8-5-7-17(15-19)23-22(25(30)26(31)28(23)12-6-11-27(2)3)24(29)18-9-10-20-21(16-18)34-14-13-33-20/h5,7-10,15-16,23,29H,4,6,11-14H2,1-3H3. The Kier molecular flexibility index (Phi) is 7.07. The van der Waals surface area contributed by atoms with E-state index in [1.807, 2.05) is 39.2 Å². The maximum atomic E-state index is 13.6. The number of likely N-dealkylation sites (tertiary alicyclic amines) is 1. The smallest absolute Gasteiger partial charge is 0.295 e. The van der Waals surface area contributed by atoms with Gasteiger partial charge in [-0.3, -0.25) is 9.59 Å². The number of ether oxygens (including phenoxy) is 3. The Balaban J connectivity index is 1.79. The fraction of sp³-hybridized carbons (Fsp3) is 0.385. The first-order chi connectivity index (χ1) is 16.4. The van der Waals surface area contributed by atoms with Gasteiger partial charge in [0.1, 0.15) is 19.0 Å². The van der Waals surface area contributed by atoms with Crippen LogP contribution in [0.25, 0.3) is 5.76 Å². The number of carbonyl (C=O) groups is 2. The first-order valence-corrected chi connectivity index (χ1v) is 11.6. The van der Waals surface area contributed by atoms with Crippen molar-refractivity contribution in [2.45, 2.75) is 19.4 Å². The van der Waals surface area contributed by atoms with Gasteiger partial charge in [-0.15, -0.1) is 0 Å². The van der Waals surface area contributed by atoms with Crippen molar-refractivity contribution in [3.05, 3.63) is 59.2 Å². The topological polar surface area (TPSA) is 92.6 Å². The Morgan fingerprint density at radius 3 is 2.62 bits per heavy atom. The fourth-order valence-corrected chi connectivity index (χ4v) is 4.33. The van der Waals surface area contributed by atoms with Crippen molar-refractivity contribution < 1.29 is 33.8 Å². The minimum Gasteiger partial charge on any atom is -0.872 e. The van der Waals surface area contributed by atoms with E-state index >= 15 is 0 Å². The summed E-state index contributed by atoms with van der Waals surface area (Å²) in [5.74, 6) is -0.269. The van der Waals surface area contributed by atoms with Crippen LogP contribution in [0.1, 0.15) is 30.5 Å². The van der Waals surface area contributed by atoms with Crippen LogP contribution in [0.15, 0.2) is 48.0 Å². The summed E-state index contributed by atoms with van der Waals surface area (Å²) in [5, 5.41) is 13.6. The molecule has 2 aliphatic heterocycles. The molecule has 2 heterocycles. The van der Waals surface area contributed by atoms with E-state index < -0.39 is 23.5 Å². The van der Waals surface area contributed by atoms with Crippen molar-refractivity contribution in [3.8, 4) is 17.2 Å². The zero-order valence-electron chi connectivity index (χ0n) is 19.8. The van der Waals surface area contributed by atoms with Crippen LogP contribution < -0.4 is 24.2 Å². The molecule has 0 aromatic heterocycles. The highest BCUT2D eigenvalue weighted by molar-refractivity contribution is 6.46. The van der Waals surface area contributed by atoms with Crippen molar-refractivity contribution >= 4 is 17.4 Å². The van der Waals surface area contributed by atoms with Gasteiger partial charge in [-0.05, 0) is 42.3 Å². The maximum absolute atomic E-state index is 13.6. The number of quaternary nitrogens is 1. The molecule has 0 spiro atoms. The van der Waals surface area contributed by atoms with Crippen LogP contribution in [-0.2, 0) is 9.59 Å². The van der Waals surface area contributed by atoms with Crippen LogP contribution in [0.2, 0.25) is 0 Å². The minimum absolute atomic E-state index is 0.0486. The number of amides is 1. The molecule has 8 heteroatoms. The Bertz CT molecular complexity index is 1110. The molecule has 1 unspecified atom stereocenters. The van der Waals surface area contributed by atoms with Crippen molar-refractivity contribution in [1.29, 1.82) is 0 Å². The second kappa shape index (κ2) is 10.2. The zero-order chi connectivity index (χ0) is 24.2. The van der Waals surface area contributed by atoms with Gasteiger partial charge < -0.3 is 29.1 Å². The first-order valence-electron chi connectivity index (χ1n) is 11.6. The number of hydrogen-bond donors (Lipinski definition) is 1. The molecule has 1 amide bonds. The summed E-state index contributed by atoms with van der Waals surface area (Å²) in [6.07, 6.45) is 0.703. The Hall–Kier alpha value is -3.52. The highest BCUT2D eigenvalue weighted by Gasteiger charge is 2.44. The van der Waals surface area contributed by atoms with Crippen molar-refractivity contribution in [1.82, 2.24) is 4.90 Å². The number of Topliss-reactive ketones (excluding diaryl/α,β-unsaturated/α-hetero) is 1. The molecule has 2 aliphatic rings. The van der Waals surface area contributed by atoms with E-state index in [4.69, 9.17) is 14.2 Å². The molecule has 1 atom stereocenters. The highest BCUT2D eigenvalue weighted by atomic mass is 16.6. The van der Waals surface area contributed by atoms with Gasteiger partial charge in [0, 0.05) is 18.5 Å². The molecule has 0 radical (unpaired) electrons. The van der Waals surface area contributed by atoms with Gasteiger partial charge in [-0.1, -0.05) is 24.0 Å². The summed E-state index contributed by atoms with van der Waals surface area (Å²) in [6, 6.07) is 11.3. The van der Waals surface area contributed by atoms with E-state index in [-0.39, 0.29) is 11.1 Å². The van der Waals surface area contributed by atoms with Crippen LogP contribution in [0.3, 0.4) is 0 Å². The van der Waals surface area contributed by atoms with Crippen molar-refractivity contribution in [2.24, 2.45) is 0 Å². The molecule has 0 bridgehead atoms. The Morgan fingerprint density at radius 1 is 1.12 bits per heavy atom. The third kappa shape index (κ3) is 4.72. The summed E-state index contributed by atoms with van der Waals surface area (Å²) < 4.78 is 16.8. The van der Waals surface area contributed by atoms with Gasteiger partial charge in [-0.25, -0.2) is 0 Å². The van der Waals surface area contributed by atoms with Crippen LogP contribution in [0.4, 0.5) is 0 Å². The Labute approximate surface area is 199 Å². The third-order valence-corrected chi connectivity index (χ3v) is 5.89. The summed E-state index contributed by atoms with van der Waals surface area (Å²) in [5.41, 5.74) is 0.904. The average molecular weight is 467 g/mol. The molecule has 0 aliphatic carbocycles. The first kappa shape index (κ1) is 23.6. The third-order valence-electron chi connectivity index (χ3n) is 5.89. The number of carbonyl (C=O) groups excluding carboxylic acids is 2. The van der Waals surface area contributed by atoms with Gasteiger partial charge in [0.2, 0.25) is 5.78 Å². The molecule has 4 rings (SSSR count). The van der Waals surface area contributed by atoms with Crippen LogP contribution >= 0.6 is 0 Å². The normalized spacial score (nSPS) is 19.1. The largest absolute Gasteiger partial charge is 0.872 e. The minimum atomic E-state index is -0.779. The SMILES string of the molecule is CCOc1cccc(C2C(=C([O-])c3ccc4c(c3)OCCO4)C(=O)C(=O)N2CCC[NH+](C)C)c1. The summed E-state index contributed by atoms with van der Waals surface area (Å²) in [7, 11) is 4.06. The predicted octanol–water partition coefficient (Wildman–Crippen LogP) is 0.615. The van der Waals surface area contributed by atoms with Crippen molar-refractivity contribution in [3.63, 3.8) is 0 Å². The van der Waals surface area contributed by atoms with Gasteiger partial charge in [0.15, 0.2) is 11.5 Å². The lowest BCUT2D eigenvalue weighted by Gasteiger charge is -2.28. The molecular weight excluding hydrogens is 436 g/mol. The van der Waals surface area contributed by atoms with E-state index in [0.717, 1.165) is 6.54 Å². The monoisotopic (exact) mass is 466 g/mol. The number of rotatable bonds is 8. The van der Waals surface area contributed by atoms with Gasteiger partial charge >= 0.3 is 0 Å². The number of fused-ring (bicyclic) bond motifs is 1. The quantitative estimate of drug-likeness (QED) is 0.348. The average Bonchev–Trinajstić information content (AvgIpc) is 3.08. The van der Waals surface area contributed by atoms with Crippen LogP contribution in [-0.4, -0.2) is 63.6 Å². The fourth-order valence-electron chi connectivity index (χ4n) is 4.33. The maximum Gasteiger partial charge on any atom is 0.295 e. The molecule has 2 aromatic carbocycles. The van der Waals surface area contributed by atoms with E-state index in [1.54, 1.807) is 24.3 Å². The zero-order valence-corrected chi connectivity index (χ0v) is 19.8. The predicted molar refractivity (Wildman–Crippen MR) is 124 cm³/mol. The molecule has 1 N–H and O–H groups in total. The van der Waals surface area contributed by atoms with E-state index in [2.05, 4.69) is 0 Å². The molecule has 1 fully saturated rings. The number of nitrogens with one attached hydrogen (secondary N) is 1. The number of ketones is 1. The number of benzene rings is 2. The molecular formula is C26H30N2O6. The number of hydrogen-bond acceptors (Lipinski definition) is 6. The van der Waals surface area contributed by atoms with Gasteiger partial charge in [0.05, 0.1) is 33.3 Å². The number of nitrogens with zero attached hydrogens (tertiary/aromatic N) is 1. The molecule has 2 aromatic rings. The van der Waals surface area contributed by atoms with Gasteiger partial charge in [0.25, 0.3) is 5.91 Å². The lowest BCUT2D eigenvalue weighted by molar-refractivity contribution is -0.858. The second-order valence-corrected chi connectivity index (χ2v) is 8.65. The summed E-state index contributed by atoms with van der Waals surface area (Å²) in [4.78, 5) is 29.0. The lowest BCUT2D eigenvalue weighted by Crippen LogP contribution is -3.05. The van der Waals surface area contributed by atoms with E-state index in [9.17, 15) is 14.7 Å². The molecule has 180 valence electrons. The van der Waals surface area contributed by atoms with E-state index in [1.165, 1.54) is 9.80 Å². The second-order valence-electron chi connectivity index (χ2n) is 8.65. The summed E-state index contributed by atoms with van der Waals surface area (Å²) in [6.45, 7) is 4.38. The molecule has 0 saturated carbocycles. The van der Waals surface area contributed by atoms with Crippen LogP contribution in [0.5, 0.6) is 17.2 Å². The van der Waals surface area contributed by atoms with Gasteiger partial charge in [-0.2, -0.15) is 0 Å². The molecule has 8 nitrogen and oxygen atoms in total. The van der Waals surface area contributed by atoms with Crippen molar-refractivity contribution in [2.75, 3.05) is 47.0 Å².